The first-order chi connectivity index (χ1) is 9.38. The van der Waals surface area contributed by atoms with Crippen LogP contribution >= 0.6 is 0 Å². The van der Waals surface area contributed by atoms with E-state index < -0.39 is 0 Å². The lowest BCUT2D eigenvalue weighted by atomic mass is 10.1. The van der Waals surface area contributed by atoms with E-state index in [1.165, 1.54) is 0 Å². The molecule has 3 rings (SSSR count). The summed E-state index contributed by atoms with van der Waals surface area (Å²) in [6.45, 7) is 0. The van der Waals surface area contributed by atoms with Crippen LogP contribution in [0, 0.1) is 5.39 Å². The van der Waals surface area contributed by atoms with Crippen LogP contribution in [0.15, 0.2) is 66.7 Å². The fourth-order valence-corrected chi connectivity index (χ4v) is 2.03. The number of rotatable bonds is 2. The normalized spacial score (nSPS) is 10.1. The second-order valence-electron chi connectivity index (χ2n) is 4.15. The molecule has 0 aliphatic carbocycles. The Hall–Kier alpha value is -2.86. The summed E-state index contributed by atoms with van der Waals surface area (Å²) < 4.78 is 5.86. The van der Waals surface area contributed by atoms with Crippen molar-refractivity contribution in [2.45, 2.75) is 0 Å². The molecule has 0 bridgehead atoms. The molecule has 0 fully saturated rings. The fraction of sp³-hybridized carbons (Fsp3) is 0. The largest absolute Gasteiger partial charge is 0.448 e. The average molecular weight is 247 g/mol. The van der Waals surface area contributed by atoms with Crippen LogP contribution < -0.4 is 4.74 Å². The van der Waals surface area contributed by atoms with Crippen molar-refractivity contribution in [3.63, 3.8) is 0 Å². The number of hydrogen-bond donors (Lipinski definition) is 0. The Morgan fingerprint density at radius 3 is 2.32 bits per heavy atom. The van der Waals surface area contributed by atoms with Gasteiger partial charge >= 0.3 is 5.69 Å². The van der Waals surface area contributed by atoms with Crippen LogP contribution in [0.1, 0.15) is 0 Å². The first-order valence-electron chi connectivity index (χ1n) is 5.98. The number of nitrogens with zero attached hydrogens (tertiary/aromatic N) is 2. The van der Waals surface area contributed by atoms with Gasteiger partial charge in [-0.05, 0) is 17.5 Å². The third-order valence-electron chi connectivity index (χ3n) is 2.94. The van der Waals surface area contributed by atoms with Gasteiger partial charge in [0.05, 0.1) is 0 Å². The van der Waals surface area contributed by atoms with Gasteiger partial charge in [0.2, 0.25) is 11.1 Å². The quantitative estimate of drug-likeness (QED) is 0.589. The lowest BCUT2D eigenvalue weighted by molar-refractivity contribution is 0.491. The van der Waals surface area contributed by atoms with Gasteiger partial charge in [0.1, 0.15) is 5.75 Å². The molecule has 0 amide bonds. The molecule has 0 aliphatic heterocycles. The molecular weight excluding hydrogens is 236 g/mol. The maximum Gasteiger partial charge on any atom is 0.426 e. The minimum atomic E-state index is 0.412. The predicted octanol–water partition coefficient (Wildman–Crippen LogP) is 5.12. The summed E-state index contributed by atoms with van der Waals surface area (Å²) in [5, 5.41) is 11.1. The van der Waals surface area contributed by atoms with E-state index in [-0.39, 0.29) is 0 Å². The monoisotopic (exact) mass is 247 g/mol. The molecule has 0 N–H and O–H groups in total. The van der Waals surface area contributed by atoms with Crippen molar-refractivity contribution in [2.75, 3.05) is 0 Å². The smallest absolute Gasteiger partial charge is 0.426 e. The highest BCUT2D eigenvalue weighted by Crippen LogP contribution is 2.34. The SMILES string of the molecule is N#[N+]c1ccccc1Oc1cccc2ccccc12. The van der Waals surface area contributed by atoms with Gasteiger partial charge in [-0.25, -0.2) is 0 Å². The lowest BCUT2D eigenvalue weighted by Gasteiger charge is -2.07. The molecule has 3 aromatic carbocycles. The highest BCUT2D eigenvalue weighted by atomic mass is 16.5. The third kappa shape index (κ3) is 2.12. The van der Waals surface area contributed by atoms with Crippen LogP contribution in [0.4, 0.5) is 5.69 Å². The first-order valence-corrected chi connectivity index (χ1v) is 5.98. The second-order valence-corrected chi connectivity index (χ2v) is 4.15. The van der Waals surface area contributed by atoms with Crippen LogP contribution in [-0.4, -0.2) is 0 Å². The van der Waals surface area contributed by atoms with E-state index in [9.17, 15) is 0 Å². The topological polar surface area (TPSA) is 37.4 Å². The third-order valence-corrected chi connectivity index (χ3v) is 2.94. The Morgan fingerprint density at radius 1 is 0.737 bits per heavy atom. The minimum Gasteiger partial charge on any atom is -0.448 e. The van der Waals surface area contributed by atoms with Crippen molar-refractivity contribution >= 4 is 16.5 Å². The predicted molar refractivity (Wildman–Crippen MR) is 75.2 cm³/mol. The molecule has 3 nitrogen and oxygen atoms in total. The van der Waals surface area contributed by atoms with Crippen LogP contribution in [0.3, 0.4) is 0 Å². The molecule has 0 aliphatic rings. The van der Waals surface area contributed by atoms with Gasteiger partial charge in [-0.1, -0.05) is 48.5 Å². The van der Waals surface area contributed by atoms with Crippen LogP contribution in [0.5, 0.6) is 11.5 Å². The molecule has 0 atom stereocenters. The number of para-hydroxylation sites is 1. The van der Waals surface area contributed by atoms with Crippen molar-refractivity contribution in [3.8, 4) is 11.5 Å². The Morgan fingerprint density at radius 2 is 1.42 bits per heavy atom. The molecule has 3 heteroatoms. The Kier molecular flexibility index (Phi) is 2.83. The Balaban J connectivity index is 2.09. The summed E-state index contributed by atoms with van der Waals surface area (Å²) in [5.74, 6) is 1.27. The first kappa shape index (κ1) is 11.2. The molecule has 0 saturated carbocycles. The van der Waals surface area contributed by atoms with E-state index in [1.807, 2.05) is 48.5 Å². The highest BCUT2D eigenvalue weighted by molar-refractivity contribution is 5.88. The summed E-state index contributed by atoms with van der Waals surface area (Å²) in [6, 6.07) is 21.0. The molecular formula is C16H11N2O+. The van der Waals surface area contributed by atoms with Gasteiger partial charge in [0.15, 0.2) is 4.98 Å². The zero-order chi connectivity index (χ0) is 13.1. The molecule has 0 heterocycles. The molecule has 3 aromatic rings. The number of diazo groups is 1. The van der Waals surface area contributed by atoms with E-state index in [4.69, 9.17) is 10.1 Å². The zero-order valence-electron chi connectivity index (χ0n) is 10.2. The average Bonchev–Trinajstić information content (AvgIpc) is 2.48. The maximum absolute atomic E-state index is 8.95. The van der Waals surface area contributed by atoms with Crippen molar-refractivity contribution in [1.82, 2.24) is 0 Å². The van der Waals surface area contributed by atoms with Crippen LogP contribution in [0.2, 0.25) is 0 Å². The fourth-order valence-electron chi connectivity index (χ4n) is 2.03. The van der Waals surface area contributed by atoms with Gasteiger partial charge in [-0.2, -0.15) is 0 Å². The van der Waals surface area contributed by atoms with Crippen molar-refractivity contribution in [1.29, 1.82) is 5.39 Å². The van der Waals surface area contributed by atoms with E-state index >= 15 is 0 Å². The van der Waals surface area contributed by atoms with Crippen molar-refractivity contribution < 1.29 is 4.74 Å². The van der Waals surface area contributed by atoms with E-state index in [0.717, 1.165) is 16.5 Å². The van der Waals surface area contributed by atoms with Gasteiger partial charge in [-0.15, -0.1) is 0 Å². The zero-order valence-corrected chi connectivity index (χ0v) is 10.2. The maximum atomic E-state index is 8.95. The number of fused-ring (bicyclic) bond motifs is 1. The molecule has 19 heavy (non-hydrogen) atoms. The minimum absolute atomic E-state index is 0.412. The summed E-state index contributed by atoms with van der Waals surface area (Å²) in [7, 11) is 0. The standard InChI is InChI=1S/C16H11N2O/c17-18-14-9-3-4-10-16(14)19-15-11-5-7-12-6-1-2-8-13(12)15/h1-11H/q+1. The van der Waals surface area contributed by atoms with Crippen LogP contribution in [0.25, 0.3) is 15.7 Å². The number of hydrogen-bond acceptors (Lipinski definition) is 2. The van der Waals surface area contributed by atoms with Gasteiger partial charge in [-0.3, -0.25) is 0 Å². The van der Waals surface area contributed by atoms with Crippen LogP contribution in [-0.2, 0) is 0 Å². The molecule has 0 spiro atoms. The van der Waals surface area contributed by atoms with Crippen molar-refractivity contribution in [3.05, 3.63) is 71.7 Å². The van der Waals surface area contributed by atoms with E-state index in [1.54, 1.807) is 18.2 Å². The highest BCUT2D eigenvalue weighted by Gasteiger charge is 2.15. The van der Waals surface area contributed by atoms with Gasteiger partial charge < -0.3 is 4.74 Å². The van der Waals surface area contributed by atoms with Gasteiger partial charge in [0.25, 0.3) is 0 Å². The summed E-state index contributed by atoms with van der Waals surface area (Å²) in [4.78, 5) is 3.22. The molecule has 0 radical (unpaired) electrons. The number of benzene rings is 3. The second kappa shape index (κ2) is 4.79. The summed E-state index contributed by atoms with van der Waals surface area (Å²) in [6.07, 6.45) is 0. The molecule has 0 aromatic heterocycles. The van der Waals surface area contributed by atoms with Gasteiger partial charge in [0, 0.05) is 11.5 Å². The molecule has 90 valence electrons. The summed E-state index contributed by atoms with van der Waals surface area (Å²) in [5.41, 5.74) is 0.412. The molecule has 0 unspecified atom stereocenters. The molecule has 0 saturated heterocycles. The van der Waals surface area contributed by atoms with Crippen molar-refractivity contribution in [2.24, 2.45) is 0 Å². The van der Waals surface area contributed by atoms with E-state index in [0.29, 0.717) is 11.4 Å². The Bertz CT molecular complexity index is 770. The Labute approximate surface area is 110 Å². The lowest BCUT2D eigenvalue weighted by Crippen LogP contribution is -1.85. The van der Waals surface area contributed by atoms with E-state index in [2.05, 4.69) is 4.98 Å². The number of ether oxygens (including phenoxy) is 1. The summed E-state index contributed by atoms with van der Waals surface area (Å²) >= 11 is 0.